The molecule has 6 rings (SSSR count). The van der Waals surface area contributed by atoms with E-state index < -0.39 is 11.4 Å². The monoisotopic (exact) mass is 477 g/mol. The highest BCUT2D eigenvalue weighted by molar-refractivity contribution is 7.16. The van der Waals surface area contributed by atoms with Gasteiger partial charge in [-0.2, -0.15) is 5.10 Å². The fraction of sp³-hybridized carbons (Fsp3) is 0.423. The van der Waals surface area contributed by atoms with Crippen molar-refractivity contribution in [1.29, 1.82) is 0 Å². The van der Waals surface area contributed by atoms with Gasteiger partial charge in [0.15, 0.2) is 5.75 Å². The summed E-state index contributed by atoms with van der Waals surface area (Å²) in [5.74, 6) is -0.252. The summed E-state index contributed by atoms with van der Waals surface area (Å²) in [7, 11) is 1.62. The van der Waals surface area contributed by atoms with E-state index in [0.29, 0.717) is 22.6 Å². The number of nitrogens with one attached hydrogen (secondary N) is 1. The molecule has 0 unspecified atom stereocenters. The number of aromatic nitrogens is 1. The number of hydrogen-bond donors (Lipinski definition) is 2. The zero-order valence-corrected chi connectivity index (χ0v) is 20.0. The van der Waals surface area contributed by atoms with Gasteiger partial charge in [0.25, 0.3) is 0 Å². The van der Waals surface area contributed by atoms with Gasteiger partial charge in [-0.1, -0.05) is 0 Å². The van der Waals surface area contributed by atoms with E-state index in [0.717, 1.165) is 61.2 Å². The number of hydrogen-bond acceptors (Lipinski definition) is 6. The van der Waals surface area contributed by atoms with E-state index in [9.17, 15) is 14.7 Å². The Morgan fingerprint density at radius 3 is 2.71 bits per heavy atom. The van der Waals surface area contributed by atoms with E-state index >= 15 is 0 Å². The van der Waals surface area contributed by atoms with Crippen molar-refractivity contribution in [2.75, 3.05) is 20.2 Å². The van der Waals surface area contributed by atoms with Gasteiger partial charge in [0.2, 0.25) is 5.43 Å². The Hall–Kier alpha value is -3.13. The van der Waals surface area contributed by atoms with Crippen molar-refractivity contribution in [2.24, 2.45) is 5.10 Å². The lowest BCUT2D eigenvalue weighted by atomic mass is 9.94. The van der Waals surface area contributed by atoms with Gasteiger partial charge in [-0.3, -0.25) is 9.80 Å². The molecule has 2 aliphatic carbocycles. The molecule has 3 aliphatic rings. The average molecular weight is 478 g/mol. The molecule has 34 heavy (non-hydrogen) atoms. The minimum absolute atomic E-state index is 0.251. The van der Waals surface area contributed by atoms with Crippen LogP contribution in [0.15, 0.2) is 28.2 Å². The fourth-order valence-electron chi connectivity index (χ4n) is 5.30. The second kappa shape index (κ2) is 8.27. The van der Waals surface area contributed by atoms with Crippen LogP contribution in [0.5, 0.6) is 5.75 Å². The Morgan fingerprint density at radius 1 is 1.21 bits per heavy atom. The van der Waals surface area contributed by atoms with E-state index in [1.807, 2.05) is 6.07 Å². The zero-order valence-electron chi connectivity index (χ0n) is 19.1. The van der Waals surface area contributed by atoms with Crippen LogP contribution in [-0.4, -0.2) is 47.0 Å². The van der Waals surface area contributed by atoms with E-state index in [1.54, 1.807) is 18.4 Å². The van der Waals surface area contributed by atoms with Crippen molar-refractivity contribution in [3.05, 3.63) is 50.1 Å². The van der Waals surface area contributed by atoms with Crippen LogP contribution >= 0.6 is 11.3 Å². The molecule has 2 aromatic heterocycles. The first-order valence-corrected chi connectivity index (χ1v) is 12.8. The molecule has 2 N–H and O–H groups in total. The number of carboxylic acids is 1. The Bertz CT molecular complexity index is 1390. The Labute approximate surface area is 201 Å². The van der Waals surface area contributed by atoms with Crippen LogP contribution in [0, 0.1) is 0 Å². The number of H-pyrrole nitrogens is 1. The molecule has 0 radical (unpaired) electrons. The quantitative estimate of drug-likeness (QED) is 0.541. The molecule has 8 heteroatoms. The summed E-state index contributed by atoms with van der Waals surface area (Å²) in [4.78, 5) is 30.0. The molecular formula is C26H27N3O4S. The number of aromatic amines is 1. The maximum Gasteiger partial charge on any atom is 0.341 e. The molecule has 2 fully saturated rings. The standard InChI is InChI=1S/C26H27N3O4S/c1-33-25-22(15(14-7-8-14)11-17-23(25)27-13-18(24(17)30)26(31)32)21-12-16-19(5-4-6-20(16)34-21)28-29-9-2-3-10-29/h11-14H,2-10H2,1H3,(H,27,30)(H,31,32)/b28-19+. The molecule has 0 amide bonds. The van der Waals surface area contributed by atoms with Crippen molar-refractivity contribution in [3.8, 4) is 16.2 Å². The number of ether oxygens (including phenoxy) is 1. The molecule has 1 aromatic carbocycles. The summed E-state index contributed by atoms with van der Waals surface area (Å²) in [5, 5.41) is 17.0. The van der Waals surface area contributed by atoms with Crippen molar-refractivity contribution in [3.63, 3.8) is 0 Å². The molecule has 3 heterocycles. The second-order valence-electron chi connectivity index (χ2n) is 9.42. The molecule has 1 aliphatic heterocycles. The number of rotatable bonds is 5. The summed E-state index contributed by atoms with van der Waals surface area (Å²) in [5.41, 5.74) is 4.35. The van der Waals surface area contributed by atoms with Crippen molar-refractivity contribution in [2.45, 2.75) is 50.9 Å². The summed E-state index contributed by atoms with van der Waals surface area (Å²) < 4.78 is 5.90. The molecule has 3 aromatic rings. The molecule has 7 nitrogen and oxygen atoms in total. The van der Waals surface area contributed by atoms with Gasteiger partial charge >= 0.3 is 5.97 Å². The van der Waals surface area contributed by atoms with Gasteiger partial charge in [-0.25, -0.2) is 4.79 Å². The summed E-state index contributed by atoms with van der Waals surface area (Å²) >= 11 is 1.79. The second-order valence-corrected chi connectivity index (χ2v) is 10.6. The van der Waals surface area contributed by atoms with Gasteiger partial charge in [-0.15, -0.1) is 11.3 Å². The van der Waals surface area contributed by atoms with Crippen LogP contribution in [0.25, 0.3) is 21.3 Å². The normalized spacial score (nSPS) is 19.1. The summed E-state index contributed by atoms with van der Waals surface area (Å²) in [6.45, 7) is 2.07. The number of pyridine rings is 1. The first kappa shape index (κ1) is 21.4. The number of fused-ring (bicyclic) bond motifs is 2. The third-order valence-electron chi connectivity index (χ3n) is 7.14. The summed E-state index contributed by atoms with van der Waals surface area (Å²) in [6, 6.07) is 4.15. The maximum absolute atomic E-state index is 13.0. The molecule has 0 atom stereocenters. The molecule has 176 valence electrons. The number of carbonyl (C=O) groups is 1. The van der Waals surface area contributed by atoms with Crippen LogP contribution in [0.3, 0.4) is 0 Å². The summed E-state index contributed by atoms with van der Waals surface area (Å²) in [6.07, 6.45) is 8.96. The van der Waals surface area contributed by atoms with E-state index in [2.05, 4.69) is 16.1 Å². The molecule has 1 saturated heterocycles. The molecule has 0 bridgehead atoms. The predicted octanol–water partition coefficient (Wildman–Crippen LogP) is 4.98. The number of benzene rings is 1. The number of hydrazone groups is 1. The minimum Gasteiger partial charge on any atom is -0.494 e. The molecule has 1 saturated carbocycles. The molecular weight excluding hydrogens is 450 g/mol. The van der Waals surface area contributed by atoms with Crippen LogP contribution in [-0.2, 0) is 6.42 Å². The van der Waals surface area contributed by atoms with Crippen molar-refractivity contribution in [1.82, 2.24) is 9.99 Å². The Kier molecular flexibility index (Phi) is 5.21. The fourth-order valence-corrected chi connectivity index (χ4v) is 6.58. The van der Waals surface area contributed by atoms with Crippen molar-refractivity contribution >= 4 is 33.9 Å². The number of aryl methyl sites for hydroxylation is 1. The van der Waals surface area contributed by atoms with Gasteiger partial charge in [-0.05, 0) is 68.6 Å². The maximum atomic E-state index is 13.0. The number of carboxylic acid groups (broad SMARTS) is 1. The Balaban J connectivity index is 1.55. The zero-order chi connectivity index (χ0) is 23.4. The topological polar surface area (TPSA) is 95.0 Å². The molecule has 0 spiro atoms. The third kappa shape index (κ3) is 3.52. The highest BCUT2D eigenvalue weighted by Crippen LogP contribution is 2.51. The van der Waals surface area contributed by atoms with E-state index in [-0.39, 0.29) is 5.56 Å². The van der Waals surface area contributed by atoms with Crippen LogP contribution in [0.1, 0.15) is 70.8 Å². The highest BCUT2D eigenvalue weighted by atomic mass is 32.1. The predicted molar refractivity (Wildman–Crippen MR) is 134 cm³/mol. The van der Waals surface area contributed by atoms with Crippen LogP contribution in [0.2, 0.25) is 0 Å². The smallest absolute Gasteiger partial charge is 0.341 e. The number of thiophene rings is 1. The van der Waals surface area contributed by atoms with E-state index in [4.69, 9.17) is 9.84 Å². The number of aromatic carboxylic acids is 1. The SMILES string of the molecule is COc1c(-c2cc3c(s2)CCC/C3=N\N2CCCC2)c(C2CC2)cc2c(=O)c(C(=O)O)c[nH]c12. The Morgan fingerprint density at radius 2 is 2.00 bits per heavy atom. The lowest BCUT2D eigenvalue weighted by Gasteiger charge is -2.18. The lowest BCUT2D eigenvalue weighted by Crippen LogP contribution is -2.18. The van der Waals surface area contributed by atoms with Crippen LogP contribution < -0.4 is 10.2 Å². The van der Waals surface area contributed by atoms with Gasteiger partial charge in [0.05, 0.1) is 23.7 Å². The lowest BCUT2D eigenvalue weighted by molar-refractivity contribution is 0.0695. The van der Waals surface area contributed by atoms with Gasteiger partial charge < -0.3 is 14.8 Å². The third-order valence-corrected chi connectivity index (χ3v) is 8.35. The highest BCUT2D eigenvalue weighted by Gasteiger charge is 2.32. The average Bonchev–Trinajstić information content (AvgIpc) is 3.37. The first-order valence-electron chi connectivity index (χ1n) is 12.0. The first-order chi connectivity index (χ1) is 16.5. The number of methoxy groups -OCH3 is 1. The van der Waals surface area contributed by atoms with Gasteiger partial charge in [0, 0.05) is 40.2 Å². The number of nitrogens with zero attached hydrogens (tertiary/aromatic N) is 2. The minimum atomic E-state index is -1.23. The van der Waals surface area contributed by atoms with Crippen LogP contribution in [0.4, 0.5) is 0 Å². The largest absolute Gasteiger partial charge is 0.494 e. The van der Waals surface area contributed by atoms with Gasteiger partial charge in [0.1, 0.15) is 5.56 Å². The van der Waals surface area contributed by atoms with Crippen molar-refractivity contribution < 1.29 is 14.6 Å². The van der Waals surface area contributed by atoms with E-state index in [1.165, 1.54) is 35.2 Å².